The lowest BCUT2D eigenvalue weighted by atomic mass is 9.94. The van der Waals surface area contributed by atoms with E-state index in [-0.39, 0.29) is 23.3 Å². The molecule has 7 heteroatoms. The fraction of sp³-hybridized carbons (Fsp3) is 0.429. The molecule has 146 valence electrons. The zero-order valence-corrected chi connectivity index (χ0v) is 16.4. The summed E-state index contributed by atoms with van der Waals surface area (Å²) in [5.41, 5.74) is 2.61. The maximum atomic E-state index is 13.1. The van der Waals surface area contributed by atoms with Crippen LogP contribution in [-0.2, 0) is 0 Å². The highest BCUT2D eigenvalue weighted by atomic mass is 16.3. The lowest BCUT2D eigenvalue weighted by Gasteiger charge is -2.32. The predicted octanol–water partition coefficient (Wildman–Crippen LogP) is 3.36. The van der Waals surface area contributed by atoms with Gasteiger partial charge in [-0.05, 0) is 38.0 Å². The lowest BCUT2D eigenvalue weighted by Crippen LogP contribution is -2.39. The van der Waals surface area contributed by atoms with E-state index in [9.17, 15) is 9.59 Å². The van der Waals surface area contributed by atoms with Gasteiger partial charge < -0.3 is 14.3 Å². The van der Waals surface area contributed by atoms with Crippen molar-refractivity contribution in [2.75, 3.05) is 13.1 Å². The van der Waals surface area contributed by atoms with Gasteiger partial charge in [-0.15, -0.1) is 0 Å². The van der Waals surface area contributed by atoms with E-state index < -0.39 is 0 Å². The molecule has 0 saturated carbocycles. The molecule has 0 radical (unpaired) electrons. The second-order valence-electron chi connectivity index (χ2n) is 7.74. The summed E-state index contributed by atoms with van der Waals surface area (Å²) in [7, 11) is 0. The first-order valence-electron chi connectivity index (χ1n) is 9.68. The van der Waals surface area contributed by atoms with Gasteiger partial charge >= 0.3 is 0 Å². The number of rotatable bonds is 3. The van der Waals surface area contributed by atoms with Crippen LogP contribution in [0, 0.1) is 6.92 Å². The van der Waals surface area contributed by atoms with Crippen LogP contribution in [0.25, 0.3) is 11.1 Å². The average Bonchev–Trinajstić information content (AvgIpc) is 3.10. The number of hydrogen-bond acceptors (Lipinski definition) is 5. The number of carbonyl (C=O) groups is 1. The van der Waals surface area contributed by atoms with Crippen molar-refractivity contribution in [3.8, 4) is 0 Å². The number of benzene rings is 1. The summed E-state index contributed by atoms with van der Waals surface area (Å²) in [5.74, 6) is 1.51. The maximum absolute atomic E-state index is 13.1. The van der Waals surface area contributed by atoms with Crippen LogP contribution in [-0.4, -0.2) is 38.8 Å². The Morgan fingerprint density at radius 3 is 2.86 bits per heavy atom. The number of nitrogens with one attached hydrogen (secondary N) is 1. The number of hydrogen-bond donors (Lipinski definition) is 1. The number of aryl methyl sites for hydroxylation is 1. The molecule has 0 aliphatic carbocycles. The largest absolute Gasteiger partial charge is 0.440 e. The van der Waals surface area contributed by atoms with E-state index in [1.165, 1.54) is 0 Å². The second kappa shape index (κ2) is 7.22. The van der Waals surface area contributed by atoms with Gasteiger partial charge in [-0.3, -0.25) is 9.59 Å². The van der Waals surface area contributed by atoms with E-state index in [1.807, 2.05) is 24.8 Å². The summed E-state index contributed by atoms with van der Waals surface area (Å²) >= 11 is 0. The zero-order valence-electron chi connectivity index (χ0n) is 16.4. The van der Waals surface area contributed by atoms with Crippen LogP contribution in [0.4, 0.5) is 0 Å². The first-order valence-corrected chi connectivity index (χ1v) is 9.68. The van der Waals surface area contributed by atoms with Gasteiger partial charge in [0.05, 0.1) is 5.69 Å². The number of H-pyrrole nitrogens is 1. The number of oxazole rings is 1. The van der Waals surface area contributed by atoms with E-state index in [0.717, 1.165) is 18.5 Å². The summed E-state index contributed by atoms with van der Waals surface area (Å²) in [6, 6.07) is 6.94. The molecule has 1 saturated heterocycles. The number of aromatic amines is 1. The number of likely N-dealkylation sites (tertiary alicyclic amines) is 1. The molecule has 1 aliphatic heterocycles. The van der Waals surface area contributed by atoms with E-state index in [1.54, 1.807) is 25.1 Å². The van der Waals surface area contributed by atoms with E-state index in [0.29, 0.717) is 41.5 Å². The number of amides is 1. The minimum Gasteiger partial charge on any atom is -0.440 e. The third-order valence-corrected chi connectivity index (χ3v) is 5.15. The fourth-order valence-corrected chi connectivity index (χ4v) is 3.72. The molecular formula is C21H24N4O3. The second-order valence-corrected chi connectivity index (χ2v) is 7.74. The van der Waals surface area contributed by atoms with Crippen LogP contribution in [0.15, 0.2) is 33.5 Å². The number of aromatic nitrogens is 3. The van der Waals surface area contributed by atoms with Crippen molar-refractivity contribution in [3.05, 3.63) is 57.6 Å². The van der Waals surface area contributed by atoms with Crippen molar-refractivity contribution in [2.45, 2.75) is 45.4 Å². The predicted molar refractivity (Wildman–Crippen MR) is 106 cm³/mol. The number of nitrogens with zero attached hydrogens (tertiary/aromatic N) is 3. The van der Waals surface area contributed by atoms with E-state index >= 15 is 0 Å². The van der Waals surface area contributed by atoms with Crippen molar-refractivity contribution in [3.63, 3.8) is 0 Å². The first-order chi connectivity index (χ1) is 13.4. The Hall–Kier alpha value is -2.96. The monoisotopic (exact) mass is 380 g/mol. The highest BCUT2D eigenvalue weighted by molar-refractivity contribution is 5.97. The summed E-state index contributed by atoms with van der Waals surface area (Å²) in [6.45, 7) is 7.08. The molecule has 0 spiro atoms. The Balaban J connectivity index is 1.57. The van der Waals surface area contributed by atoms with Gasteiger partial charge in [0, 0.05) is 36.6 Å². The molecule has 1 N–H and O–H groups in total. The van der Waals surface area contributed by atoms with Gasteiger partial charge in [0.2, 0.25) is 0 Å². The zero-order chi connectivity index (χ0) is 19.8. The first kappa shape index (κ1) is 18.4. The Morgan fingerprint density at radius 1 is 1.29 bits per heavy atom. The Labute approximate surface area is 162 Å². The molecule has 1 amide bonds. The molecule has 2 aromatic heterocycles. The number of fused-ring (bicyclic) bond motifs is 1. The van der Waals surface area contributed by atoms with Crippen LogP contribution in [0.2, 0.25) is 0 Å². The smallest absolute Gasteiger partial charge is 0.253 e. The minimum absolute atomic E-state index is 0.0257. The molecular weight excluding hydrogens is 356 g/mol. The summed E-state index contributed by atoms with van der Waals surface area (Å²) in [6.07, 6.45) is 1.80. The molecule has 1 aliphatic rings. The molecule has 4 rings (SSSR count). The van der Waals surface area contributed by atoms with Gasteiger partial charge in [-0.1, -0.05) is 13.8 Å². The van der Waals surface area contributed by atoms with Crippen LogP contribution in [0.5, 0.6) is 0 Å². The third kappa shape index (κ3) is 3.56. The molecule has 7 nitrogen and oxygen atoms in total. The summed E-state index contributed by atoms with van der Waals surface area (Å²) in [4.78, 5) is 38.3. The highest BCUT2D eigenvalue weighted by Gasteiger charge is 2.27. The Morgan fingerprint density at radius 2 is 2.11 bits per heavy atom. The van der Waals surface area contributed by atoms with Crippen molar-refractivity contribution in [2.24, 2.45) is 0 Å². The maximum Gasteiger partial charge on any atom is 0.253 e. The normalized spacial score (nSPS) is 17.4. The third-order valence-electron chi connectivity index (χ3n) is 5.15. The molecule has 3 aromatic rings. The molecule has 0 bridgehead atoms. The molecule has 1 aromatic carbocycles. The Kier molecular flexibility index (Phi) is 4.75. The quantitative estimate of drug-likeness (QED) is 0.752. The minimum atomic E-state index is -0.150. The Bertz CT molecular complexity index is 1080. The molecule has 28 heavy (non-hydrogen) atoms. The van der Waals surface area contributed by atoms with Crippen molar-refractivity contribution in [1.29, 1.82) is 0 Å². The van der Waals surface area contributed by atoms with Crippen LogP contribution in [0.3, 0.4) is 0 Å². The van der Waals surface area contributed by atoms with E-state index in [2.05, 4.69) is 15.0 Å². The van der Waals surface area contributed by atoms with Gasteiger partial charge in [-0.25, -0.2) is 9.97 Å². The molecule has 0 unspecified atom stereocenters. The van der Waals surface area contributed by atoms with Crippen LogP contribution < -0.4 is 5.56 Å². The number of piperidine rings is 1. The molecule has 3 heterocycles. The van der Waals surface area contributed by atoms with Crippen molar-refractivity contribution >= 4 is 17.0 Å². The molecule has 1 fully saturated rings. The van der Waals surface area contributed by atoms with Crippen molar-refractivity contribution in [1.82, 2.24) is 19.9 Å². The van der Waals surface area contributed by atoms with E-state index in [4.69, 9.17) is 4.42 Å². The summed E-state index contributed by atoms with van der Waals surface area (Å²) in [5, 5.41) is 0. The van der Waals surface area contributed by atoms with Gasteiger partial charge in [0.25, 0.3) is 11.5 Å². The fourth-order valence-electron chi connectivity index (χ4n) is 3.72. The summed E-state index contributed by atoms with van der Waals surface area (Å²) < 4.78 is 5.73. The highest BCUT2D eigenvalue weighted by Crippen LogP contribution is 2.27. The van der Waals surface area contributed by atoms with Gasteiger partial charge in [0.1, 0.15) is 11.3 Å². The van der Waals surface area contributed by atoms with Gasteiger partial charge in [0.15, 0.2) is 11.5 Å². The van der Waals surface area contributed by atoms with Crippen molar-refractivity contribution < 1.29 is 9.21 Å². The molecule has 1 atom stereocenters. The topological polar surface area (TPSA) is 92.1 Å². The lowest BCUT2D eigenvalue weighted by molar-refractivity contribution is 0.0706. The SMILES string of the molecule is Cc1nc([C@@H]2CCCN(C(=O)c3ccc4oc(C(C)C)nc4c3)C2)cc(=O)[nH]1. The number of carbonyl (C=O) groups excluding carboxylic acids is 1. The standard InChI is InChI=1S/C21H24N4O3/c1-12(2)20-24-17-9-14(6-7-18(17)28-20)21(27)25-8-4-5-15(11-25)16-10-19(26)23-13(3)22-16/h6-7,9-10,12,15H,4-5,8,11H2,1-3H3,(H,22,23,26)/t15-/m1/s1. The average molecular weight is 380 g/mol. The van der Waals surface area contributed by atoms with Crippen LogP contribution >= 0.6 is 0 Å². The van der Waals surface area contributed by atoms with Crippen LogP contribution in [0.1, 0.15) is 66.3 Å². The van der Waals surface area contributed by atoms with Gasteiger partial charge in [-0.2, -0.15) is 0 Å².